The molecule has 0 saturated heterocycles. The van der Waals surface area contributed by atoms with Gasteiger partial charge < -0.3 is 0 Å². The van der Waals surface area contributed by atoms with Crippen molar-refractivity contribution < 1.29 is 22.0 Å². The van der Waals surface area contributed by atoms with Crippen molar-refractivity contribution in [3.63, 3.8) is 0 Å². The molecule has 6 heteroatoms. The van der Waals surface area contributed by atoms with Crippen molar-refractivity contribution in [2.75, 3.05) is 0 Å². The Balaban J connectivity index is 2.54. The van der Waals surface area contributed by atoms with Crippen LogP contribution >= 0.6 is 0 Å². The largest absolute Gasteiger partial charge is 0.420 e. The van der Waals surface area contributed by atoms with Crippen LogP contribution in [-0.2, 0) is 6.18 Å². The van der Waals surface area contributed by atoms with Crippen LogP contribution in [-0.4, -0.2) is 4.98 Å². The number of aromatic nitrogens is 1. The number of benzene rings is 1. The molecule has 0 aliphatic rings. The van der Waals surface area contributed by atoms with Gasteiger partial charge in [-0.1, -0.05) is 12.1 Å². The van der Waals surface area contributed by atoms with Gasteiger partial charge in [0.25, 0.3) is 0 Å². The molecule has 0 amide bonds. The Labute approximate surface area is 98.9 Å². The number of pyridine rings is 1. The smallest absolute Gasteiger partial charge is 0.227 e. The molecule has 0 spiro atoms. The second-order valence-electron chi connectivity index (χ2n) is 3.57. The normalized spacial score (nSPS) is 11.6. The minimum absolute atomic E-state index is 0.00299. The lowest BCUT2D eigenvalue weighted by molar-refractivity contribution is -0.140. The summed E-state index contributed by atoms with van der Waals surface area (Å²) in [6, 6.07) is 5.58. The summed E-state index contributed by atoms with van der Waals surface area (Å²) in [7, 11) is 0. The molecule has 0 saturated carbocycles. The second kappa shape index (κ2) is 4.36. The van der Waals surface area contributed by atoms with Crippen molar-refractivity contribution in [3.05, 3.63) is 53.9 Å². The van der Waals surface area contributed by atoms with Crippen molar-refractivity contribution in [2.45, 2.75) is 6.18 Å². The molecule has 0 unspecified atom stereocenters. The predicted molar refractivity (Wildman–Crippen MR) is 54.6 cm³/mol. The van der Waals surface area contributed by atoms with E-state index in [9.17, 15) is 22.0 Å². The Kier molecular flexibility index (Phi) is 3.02. The summed E-state index contributed by atoms with van der Waals surface area (Å²) < 4.78 is 63.3. The van der Waals surface area contributed by atoms with Gasteiger partial charge in [0.2, 0.25) is 5.95 Å². The summed E-state index contributed by atoms with van der Waals surface area (Å²) in [4.78, 5) is 3.04. The molecule has 0 aliphatic heterocycles. The Morgan fingerprint density at radius 2 is 1.67 bits per heavy atom. The average Bonchev–Trinajstić information content (AvgIpc) is 2.28. The SMILES string of the molecule is Fc1cccc(-c2cnc(F)c(C(F)(F)F)c2)c1. The predicted octanol–water partition coefficient (Wildman–Crippen LogP) is 4.05. The molecule has 0 radical (unpaired) electrons. The third-order valence-electron chi connectivity index (χ3n) is 2.30. The molecular formula is C12H6F5N. The highest BCUT2D eigenvalue weighted by Gasteiger charge is 2.35. The Morgan fingerprint density at radius 3 is 2.28 bits per heavy atom. The first kappa shape index (κ1) is 12.5. The van der Waals surface area contributed by atoms with Crippen LogP contribution in [0.5, 0.6) is 0 Å². The minimum Gasteiger partial charge on any atom is -0.227 e. The highest BCUT2D eigenvalue weighted by molar-refractivity contribution is 5.63. The Hall–Kier alpha value is -1.98. The van der Waals surface area contributed by atoms with E-state index in [2.05, 4.69) is 4.98 Å². The van der Waals surface area contributed by atoms with Gasteiger partial charge in [-0.15, -0.1) is 0 Å². The van der Waals surface area contributed by atoms with Crippen LogP contribution in [0.15, 0.2) is 36.5 Å². The fraction of sp³-hybridized carbons (Fsp3) is 0.0833. The quantitative estimate of drug-likeness (QED) is 0.556. The highest BCUT2D eigenvalue weighted by atomic mass is 19.4. The molecular weight excluding hydrogens is 253 g/mol. The molecule has 18 heavy (non-hydrogen) atoms. The van der Waals surface area contributed by atoms with E-state index in [1.807, 2.05) is 0 Å². The molecule has 0 aliphatic carbocycles. The van der Waals surface area contributed by atoms with Crippen LogP contribution in [0.2, 0.25) is 0 Å². The number of hydrogen-bond acceptors (Lipinski definition) is 1. The third kappa shape index (κ3) is 2.47. The van der Waals surface area contributed by atoms with Gasteiger partial charge in [0, 0.05) is 11.8 Å². The zero-order chi connectivity index (χ0) is 13.3. The van der Waals surface area contributed by atoms with Crippen molar-refractivity contribution in [1.82, 2.24) is 4.98 Å². The number of alkyl halides is 3. The van der Waals surface area contributed by atoms with E-state index in [0.29, 0.717) is 6.07 Å². The topological polar surface area (TPSA) is 12.9 Å². The molecule has 1 aromatic heterocycles. The van der Waals surface area contributed by atoms with Gasteiger partial charge in [-0.2, -0.15) is 17.6 Å². The number of hydrogen-bond donors (Lipinski definition) is 0. The van der Waals surface area contributed by atoms with Crippen LogP contribution in [0.1, 0.15) is 5.56 Å². The molecule has 94 valence electrons. The molecule has 2 aromatic rings. The maximum absolute atomic E-state index is 13.0. The zero-order valence-electron chi connectivity index (χ0n) is 8.80. The summed E-state index contributed by atoms with van der Waals surface area (Å²) in [6.45, 7) is 0. The standard InChI is InChI=1S/C12H6F5N/c13-9-3-1-2-7(4-9)8-5-10(12(15,16)17)11(14)18-6-8/h1-6H. The number of halogens is 5. The fourth-order valence-corrected chi connectivity index (χ4v) is 1.47. The van der Waals surface area contributed by atoms with Gasteiger partial charge in [0.15, 0.2) is 0 Å². The van der Waals surface area contributed by atoms with Gasteiger partial charge in [-0.25, -0.2) is 9.37 Å². The second-order valence-corrected chi connectivity index (χ2v) is 3.57. The van der Waals surface area contributed by atoms with E-state index < -0.39 is 23.5 Å². The van der Waals surface area contributed by atoms with Gasteiger partial charge in [-0.05, 0) is 23.8 Å². The third-order valence-corrected chi connectivity index (χ3v) is 2.30. The van der Waals surface area contributed by atoms with E-state index in [1.165, 1.54) is 12.1 Å². The van der Waals surface area contributed by atoms with Crippen LogP contribution in [0.25, 0.3) is 11.1 Å². The van der Waals surface area contributed by atoms with E-state index in [-0.39, 0.29) is 11.1 Å². The first-order chi connectivity index (χ1) is 8.38. The Morgan fingerprint density at radius 1 is 0.944 bits per heavy atom. The van der Waals surface area contributed by atoms with E-state index in [0.717, 1.165) is 18.3 Å². The fourth-order valence-electron chi connectivity index (χ4n) is 1.47. The first-order valence-electron chi connectivity index (χ1n) is 4.86. The lowest BCUT2D eigenvalue weighted by Crippen LogP contribution is -2.09. The average molecular weight is 259 g/mol. The van der Waals surface area contributed by atoms with Gasteiger partial charge in [0.05, 0.1) is 0 Å². The Bertz CT molecular complexity index is 577. The number of nitrogens with zero attached hydrogens (tertiary/aromatic N) is 1. The van der Waals surface area contributed by atoms with Crippen molar-refractivity contribution in [2.24, 2.45) is 0 Å². The summed E-state index contributed by atoms with van der Waals surface area (Å²) in [6.07, 6.45) is -3.90. The first-order valence-corrected chi connectivity index (χ1v) is 4.86. The van der Waals surface area contributed by atoms with Crippen LogP contribution < -0.4 is 0 Å². The lowest BCUT2D eigenvalue weighted by Gasteiger charge is -2.09. The monoisotopic (exact) mass is 259 g/mol. The molecule has 0 atom stereocenters. The van der Waals surface area contributed by atoms with Crippen molar-refractivity contribution in [3.8, 4) is 11.1 Å². The maximum atomic E-state index is 13.0. The van der Waals surface area contributed by atoms with Crippen LogP contribution in [0.3, 0.4) is 0 Å². The molecule has 1 nitrogen and oxygen atoms in total. The van der Waals surface area contributed by atoms with Crippen molar-refractivity contribution >= 4 is 0 Å². The maximum Gasteiger partial charge on any atom is 0.420 e. The van der Waals surface area contributed by atoms with Crippen LogP contribution in [0.4, 0.5) is 22.0 Å². The van der Waals surface area contributed by atoms with Gasteiger partial charge >= 0.3 is 6.18 Å². The van der Waals surface area contributed by atoms with Crippen LogP contribution in [0, 0.1) is 11.8 Å². The summed E-state index contributed by atoms with van der Waals surface area (Å²) in [5.74, 6) is -2.19. The molecule has 1 heterocycles. The van der Waals surface area contributed by atoms with E-state index in [4.69, 9.17) is 0 Å². The summed E-state index contributed by atoms with van der Waals surface area (Å²) >= 11 is 0. The molecule has 2 rings (SSSR count). The molecule has 0 bridgehead atoms. The zero-order valence-corrected chi connectivity index (χ0v) is 8.80. The highest BCUT2D eigenvalue weighted by Crippen LogP contribution is 2.33. The minimum atomic E-state index is -4.83. The van der Waals surface area contributed by atoms with E-state index in [1.54, 1.807) is 0 Å². The molecule has 0 N–H and O–H groups in total. The number of rotatable bonds is 1. The van der Waals surface area contributed by atoms with Crippen molar-refractivity contribution in [1.29, 1.82) is 0 Å². The molecule has 0 fully saturated rings. The molecule has 1 aromatic carbocycles. The van der Waals surface area contributed by atoms with E-state index >= 15 is 0 Å². The van der Waals surface area contributed by atoms with Gasteiger partial charge in [-0.3, -0.25) is 0 Å². The lowest BCUT2D eigenvalue weighted by atomic mass is 10.1. The summed E-state index contributed by atoms with van der Waals surface area (Å²) in [5, 5.41) is 0. The van der Waals surface area contributed by atoms with Gasteiger partial charge in [0.1, 0.15) is 11.4 Å². The summed E-state index contributed by atoms with van der Waals surface area (Å²) in [5.41, 5.74) is -1.26.